The molecule has 0 spiro atoms. The summed E-state index contributed by atoms with van der Waals surface area (Å²) in [6.07, 6.45) is -0.824. The highest BCUT2D eigenvalue weighted by Gasteiger charge is 2.21. The minimum absolute atomic E-state index is 0.133. The van der Waals surface area contributed by atoms with E-state index in [1.807, 2.05) is 13.8 Å². The number of carbonyl (C=O) groups excluding carboxylic acids is 2. The maximum Gasteiger partial charge on any atom is 0.265 e. The van der Waals surface area contributed by atoms with E-state index in [2.05, 4.69) is 5.32 Å². The van der Waals surface area contributed by atoms with Crippen LogP contribution in [0.1, 0.15) is 36.7 Å². The first kappa shape index (κ1) is 22.1. The number of nitrogens with one attached hydrogen (secondary N) is 1. The van der Waals surface area contributed by atoms with Crippen molar-refractivity contribution in [2.24, 2.45) is 0 Å². The van der Waals surface area contributed by atoms with E-state index >= 15 is 0 Å². The molecule has 2 amide bonds. The molecule has 0 fully saturated rings. The molecule has 0 aliphatic carbocycles. The maximum absolute atomic E-state index is 12.7. The second-order valence-corrected chi connectivity index (χ2v) is 7.04. The summed E-state index contributed by atoms with van der Waals surface area (Å²) in [5, 5.41) is 3.67. The number of amides is 2. The predicted octanol–water partition coefficient (Wildman–Crippen LogP) is 5.19. The molecule has 0 bridgehead atoms. The zero-order chi connectivity index (χ0) is 20.8. The highest BCUT2D eigenvalue weighted by atomic mass is 35.5. The Bertz CT molecular complexity index is 867. The van der Waals surface area contributed by atoms with E-state index in [0.717, 1.165) is 0 Å². The van der Waals surface area contributed by atoms with Crippen LogP contribution in [0, 0.1) is 6.92 Å². The predicted molar refractivity (Wildman–Crippen MR) is 114 cm³/mol. The van der Waals surface area contributed by atoms with Crippen LogP contribution in [0.3, 0.4) is 0 Å². The molecule has 5 nitrogen and oxygen atoms in total. The molecule has 1 N–H and O–H groups in total. The number of benzene rings is 2. The topological polar surface area (TPSA) is 58.6 Å². The fourth-order valence-electron chi connectivity index (χ4n) is 2.67. The van der Waals surface area contributed by atoms with Gasteiger partial charge in [0.15, 0.2) is 6.10 Å². The third kappa shape index (κ3) is 4.97. The molecule has 0 saturated heterocycles. The number of carbonyl (C=O) groups is 2. The van der Waals surface area contributed by atoms with Crippen molar-refractivity contribution < 1.29 is 14.3 Å². The van der Waals surface area contributed by atoms with E-state index in [0.29, 0.717) is 45.7 Å². The molecule has 2 aromatic carbocycles. The number of hydrogen-bond donors (Lipinski definition) is 1. The normalized spacial score (nSPS) is 11.6. The van der Waals surface area contributed by atoms with E-state index in [-0.39, 0.29) is 11.8 Å². The van der Waals surface area contributed by atoms with Gasteiger partial charge >= 0.3 is 0 Å². The molecule has 0 heterocycles. The van der Waals surface area contributed by atoms with Gasteiger partial charge in [0.1, 0.15) is 5.75 Å². The lowest BCUT2D eigenvalue weighted by Crippen LogP contribution is -2.33. The van der Waals surface area contributed by atoms with Crippen molar-refractivity contribution in [2.75, 3.05) is 18.4 Å². The first-order valence-electron chi connectivity index (χ1n) is 9.10. The number of halogens is 2. The summed E-state index contributed by atoms with van der Waals surface area (Å²) in [4.78, 5) is 27.0. The van der Waals surface area contributed by atoms with Crippen molar-refractivity contribution in [1.82, 2.24) is 4.90 Å². The van der Waals surface area contributed by atoms with Gasteiger partial charge in [-0.15, -0.1) is 0 Å². The Morgan fingerprint density at radius 3 is 2.39 bits per heavy atom. The zero-order valence-electron chi connectivity index (χ0n) is 16.4. The lowest BCUT2D eigenvalue weighted by molar-refractivity contribution is -0.122. The fraction of sp³-hybridized carbons (Fsp3) is 0.333. The van der Waals surface area contributed by atoms with E-state index in [1.54, 1.807) is 55.1 Å². The Morgan fingerprint density at radius 1 is 1.11 bits per heavy atom. The molecular formula is C21H24Cl2N2O3. The Hall–Kier alpha value is -2.24. The summed E-state index contributed by atoms with van der Waals surface area (Å²) in [6, 6.07) is 10.2. The van der Waals surface area contributed by atoms with Crippen LogP contribution in [0.2, 0.25) is 10.0 Å². The van der Waals surface area contributed by atoms with Gasteiger partial charge in [-0.25, -0.2) is 0 Å². The van der Waals surface area contributed by atoms with Gasteiger partial charge in [0, 0.05) is 18.1 Å². The number of ether oxygens (including phenoxy) is 1. The Balaban J connectivity index is 2.17. The molecule has 7 heteroatoms. The second kappa shape index (κ2) is 9.80. The van der Waals surface area contributed by atoms with Crippen LogP contribution in [0.4, 0.5) is 5.69 Å². The van der Waals surface area contributed by atoms with Crippen molar-refractivity contribution in [3.8, 4) is 5.75 Å². The minimum atomic E-state index is -0.824. The Kier molecular flexibility index (Phi) is 7.72. The van der Waals surface area contributed by atoms with E-state index in [4.69, 9.17) is 27.9 Å². The fourth-order valence-corrected chi connectivity index (χ4v) is 3.08. The van der Waals surface area contributed by atoms with Crippen molar-refractivity contribution in [2.45, 2.75) is 33.8 Å². The second-order valence-electron chi connectivity index (χ2n) is 6.26. The van der Waals surface area contributed by atoms with Crippen LogP contribution < -0.4 is 10.1 Å². The number of anilines is 1. The van der Waals surface area contributed by atoms with Gasteiger partial charge in [0.25, 0.3) is 11.8 Å². The van der Waals surface area contributed by atoms with E-state index < -0.39 is 6.10 Å². The van der Waals surface area contributed by atoms with Crippen LogP contribution in [0.15, 0.2) is 36.4 Å². The monoisotopic (exact) mass is 422 g/mol. The molecule has 2 rings (SSSR count). The van der Waals surface area contributed by atoms with E-state index in [1.165, 1.54) is 0 Å². The summed E-state index contributed by atoms with van der Waals surface area (Å²) in [5.41, 5.74) is 1.56. The molecule has 150 valence electrons. The van der Waals surface area contributed by atoms with Crippen LogP contribution >= 0.6 is 23.2 Å². The van der Waals surface area contributed by atoms with Gasteiger partial charge < -0.3 is 15.0 Å². The quantitative estimate of drug-likeness (QED) is 0.667. The number of hydrogen-bond acceptors (Lipinski definition) is 3. The largest absolute Gasteiger partial charge is 0.479 e. The molecular weight excluding hydrogens is 399 g/mol. The van der Waals surface area contributed by atoms with Gasteiger partial charge in [0.2, 0.25) is 0 Å². The van der Waals surface area contributed by atoms with Crippen LogP contribution in [-0.2, 0) is 4.79 Å². The SMILES string of the molecule is CCN(CC)C(=O)c1ccccc1NC(=O)C(C)Oc1ccc(Cl)c(C)c1Cl. The first-order valence-corrected chi connectivity index (χ1v) is 9.86. The Labute approximate surface area is 175 Å². The van der Waals surface area contributed by atoms with Gasteiger partial charge in [0.05, 0.1) is 16.3 Å². The molecule has 1 atom stereocenters. The van der Waals surface area contributed by atoms with Crippen molar-refractivity contribution in [3.05, 3.63) is 57.6 Å². The third-order valence-corrected chi connectivity index (χ3v) is 5.30. The molecule has 28 heavy (non-hydrogen) atoms. The molecule has 0 aliphatic heterocycles. The average molecular weight is 423 g/mol. The standard InChI is InChI=1S/C21H24Cl2N2O3/c1-5-25(6-2)21(27)15-9-7-8-10-17(15)24-20(26)14(4)28-18-12-11-16(22)13(3)19(18)23/h7-12,14H,5-6H2,1-4H3,(H,24,26). The Morgan fingerprint density at radius 2 is 1.75 bits per heavy atom. The summed E-state index contributed by atoms with van der Waals surface area (Å²) < 4.78 is 5.71. The molecule has 2 aromatic rings. The average Bonchev–Trinajstić information content (AvgIpc) is 2.69. The minimum Gasteiger partial charge on any atom is -0.479 e. The molecule has 0 aliphatic rings. The third-order valence-electron chi connectivity index (χ3n) is 4.42. The maximum atomic E-state index is 12.7. The zero-order valence-corrected chi connectivity index (χ0v) is 17.9. The number of rotatable bonds is 7. The van der Waals surface area contributed by atoms with Gasteiger partial charge in [-0.2, -0.15) is 0 Å². The highest BCUT2D eigenvalue weighted by molar-refractivity contribution is 6.36. The van der Waals surface area contributed by atoms with Crippen molar-refractivity contribution >= 4 is 40.7 Å². The van der Waals surface area contributed by atoms with Crippen LogP contribution in [0.5, 0.6) is 5.75 Å². The van der Waals surface area contributed by atoms with Gasteiger partial charge in [-0.05, 0) is 57.5 Å². The lowest BCUT2D eigenvalue weighted by Gasteiger charge is -2.21. The van der Waals surface area contributed by atoms with Crippen LogP contribution in [-0.4, -0.2) is 35.9 Å². The highest BCUT2D eigenvalue weighted by Crippen LogP contribution is 2.33. The first-order chi connectivity index (χ1) is 13.3. The number of para-hydroxylation sites is 1. The molecule has 0 aromatic heterocycles. The molecule has 1 unspecified atom stereocenters. The number of nitrogens with zero attached hydrogens (tertiary/aromatic N) is 1. The summed E-state index contributed by atoms with van der Waals surface area (Å²) in [5.74, 6) is -0.145. The van der Waals surface area contributed by atoms with Gasteiger partial charge in [-0.3, -0.25) is 9.59 Å². The summed E-state index contributed by atoms with van der Waals surface area (Å²) >= 11 is 12.3. The lowest BCUT2D eigenvalue weighted by atomic mass is 10.1. The molecule has 0 radical (unpaired) electrons. The molecule has 0 saturated carbocycles. The van der Waals surface area contributed by atoms with Crippen LogP contribution in [0.25, 0.3) is 0 Å². The van der Waals surface area contributed by atoms with Gasteiger partial charge in [-0.1, -0.05) is 35.3 Å². The van der Waals surface area contributed by atoms with Crippen molar-refractivity contribution in [1.29, 1.82) is 0 Å². The summed E-state index contributed by atoms with van der Waals surface area (Å²) in [6.45, 7) is 8.39. The smallest absolute Gasteiger partial charge is 0.265 e. The summed E-state index contributed by atoms with van der Waals surface area (Å²) in [7, 11) is 0. The van der Waals surface area contributed by atoms with Crippen molar-refractivity contribution in [3.63, 3.8) is 0 Å². The van der Waals surface area contributed by atoms with E-state index in [9.17, 15) is 9.59 Å².